The third-order valence-corrected chi connectivity index (χ3v) is 2.12. The second-order valence-corrected chi connectivity index (χ2v) is 3.58. The van der Waals surface area contributed by atoms with E-state index in [-0.39, 0.29) is 0 Å². The number of hydrogen-bond donors (Lipinski definition) is 2. The number of benzene rings is 1. The maximum absolute atomic E-state index is 10.8. The zero-order chi connectivity index (χ0) is 15.3. The number of aliphatic carboxylic acids is 1. The van der Waals surface area contributed by atoms with E-state index in [0.717, 1.165) is 10.9 Å². The zero-order valence-corrected chi connectivity index (χ0v) is 9.89. The van der Waals surface area contributed by atoms with Crippen LogP contribution in [-0.2, 0) is 4.79 Å². The minimum Gasteiger partial charge on any atom is -0.475 e. The third-order valence-electron chi connectivity index (χ3n) is 2.12. The molecule has 2 rings (SSSR count). The molecule has 0 aliphatic heterocycles. The first-order valence-electron chi connectivity index (χ1n) is 5.16. The molecule has 0 atom stereocenters. The smallest absolute Gasteiger partial charge is 0.475 e. The lowest BCUT2D eigenvalue weighted by atomic mass is 10.1. The van der Waals surface area contributed by atoms with E-state index in [1.165, 1.54) is 6.20 Å². The van der Waals surface area contributed by atoms with Crippen LogP contribution in [-0.4, -0.2) is 28.1 Å². The van der Waals surface area contributed by atoms with Crippen molar-refractivity contribution >= 4 is 22.8 Å². The molecule has 0 saturated heterocycles. The lowest BCUT2D eigenvalue weighted by Gasteiger charge is -1.97. The van der Waals surface area contributed by atoms with Crippen molar-refractivity contribution in [2.24, 2.45) is 5.73 Å². The molecule has 8 heteroatoms. The fraction of sp³-hybridized carbons (Fsp3) is 0.0833. The number of para-hydroxylation sites is 1. The summed E-state index contributed by atoms with van der Waals surface area (Å²) in [6.07, 6.45) is -3.59. The number of nitrogens with two attached hydrogens (primary N) is 1. The van der Waals surface area contributed by atoms with Gasteiger partial charge in [0.15, 0.2) is 0 Å². The highest BCUT2D eigenvalue weighted by Crippen LogP contribution is 2.13. The third kappa shape index (κ3) is 4.23. The Hall–Kier alpha value is -2.64. The van der Waals surface area contributed by atoms with Gasteiger partial charge in [-0.3, -0.25) is 9.78 Å². The Kier molecular flexibility index (Phi) is 4.63. The quantitative estimate of drug-likeness (QED) is 0.838. The number of amides is 1. The van der Waals surface area contributed by atoms with Crippen molar-refractivity contribution in [2.45, 2.75) is 6.18 Å². The Labute approximate surface area is 110 Å². The van der Waals surface area contributed by atoms with Gasteiger partial charge < -0.3 is 10.8 Å². The summed E-state index contributed by atoms with van der Waals surface area (Å²) in [6.45, 7) is 0. The number of fused-ring (bicyclic) bond motifs is 1. The molecule has 0 aliphatic carbocycles. The summed E-state index contributed by atoms with van der Waals surface area (Å²) in [5.41, 5.74) is 6.44. The van der Waals surface area contributed by atoms with Gasteiger partial charge >= 0.3 is 12.1 Å². The van der Waals surface area contributed by atoms with Gasteiger partial charge in [-0.2, -0.15) is 13.2 Å². The van der Waals surface area contributed by atoms with Gasteiger partial charge in [-0.05, 0) is 12.1 Å². The number of carbonyl (C=O) groups excluding carboxylic acids is 1. The number of pyridine rings is 1. The fourth-order valence-corrected chi connectivity index (χ4v) is 1.21. The van der Waals surface area contributed by atoms with Crippen LogP contribution in [0, 0.1) is 0 Å². The Bertz CT molecular complexity index is 641. The summed E-state index contributed by atoms with van der Waals surface area (Å²) >= 11 is 0. The summed E-state index contributed by atoms with van der Waals surface area (Å²) in [5.74, 6) is -3.20. The molecule has 5 nitrogen and oxygen atoms in total. The van der Waals surface area contributed by atoms with Crippen LogP contribution in [0.5, 0.6) is 0 Å². The molecule has 20 heavy (non-hydrogen) atoms. The molecule has 1 aromatic heterocycles. The van der Waals surface area contributed by atoms with Gasteiger partial charge in [0.05, 0.1) is 11.1 Å². The predicted octanol–water partition coefficient (Wildman–Crippen LogP) is 1.97. The number of carbonyl (C=O) groups is 2. The first-order valence-corrected chi connectivity index (χ1v) is 5.16. The van der Waals surface area contributed by atoms with Crippen LogP contribution in [0.1, 0.15) is 10.4 Å². The van der Waals surface area contributed by atoms with Crippen LogP contribution >= 0.6 is 0 Å². The Morgan fingerprint density at radius 2 is 1.75 bits per heavy atom. The summed E-state index contributed by atoms with van der Waals surface area (Å²) in [7, 11) is 0. The van der Waals surface area contributed by atoms with Crippen LogP contribution in [0.15, 0.2) is 36.5 Å². The van der Waals surface area contributed by atoms with E-state index in [1.807, 2.05) is 24.3 Å². The number of halogens is 3. The number of nitrogens with zero attached hydrogens (tertiary/aromatic N) is 1. The van der Waals surface area contributed by atoms with Crippen molar-refractivity contribution in [3.63, 3.8) is 0 Å². The molecule has 0 radical (unpaired) electrons. The molecule has 0 fully saturated rings. The van der Waals surface area contributed by atoms with Crippen LogP contribution in [0.25, 0.3) is 10.9 Å². The molecule has 0 aliphatic rings. The highest BCUT2D eigenvalue weighted by Gasteiger charge is 2.38. The average molecular weight is 286 g/mol. The Balaban J connectivity index is 0.000000246. The molecule has 2 aromatic rings. The number of primary amides is 1. The second-order valence-electron chi connectivity index (χ2n) is 3.58. The van der Waals surface area contributed by atoms with Gasteiger partial charge in [-0.1, -0.05) is 18.2 Å². The van der Waals surface area contributed by atoms with Gasteiger partial charge in [0.2, 0.25) is 5.91 Å². The lowest BCUT2D eigenvalue weighted by Crippen LogP contribution is -2.21. The van der Waals surface area contributed by atoms with Crippen molar-refractivity contribution in [3.8, 4) is 0 Å². The Morgan fingerprint density at radius 3 is 2.25 bits per heavy atom. The molecule has 0 spiro atoms. The number of aromatic nitrogens is 1. The van der Waals surface area contributed by atoms with Gasteiger partial charge in [-0.25, -0.2) is 4.79 Å². The molecule has 1 heterocycles. The minimum absolute atomic E-state index is 0.443. The van der Waals surface area contributed by atoms with Crippen molar-refractivity contribution in [1.82, 2.24) is 4.98 Å². The van der Waals surface area contributed by atoms with E-state index in [4.69, 9.17) is 15.6 Å². The number of carboxylic acid groups (broad SMARTS) is 1. The summed E-state index contributed by atoms with van der Waals surface area (Å²) < 4.78 is 31.7. The van der Waals surface area contributed by atoms with Gasteiger partial charge in [0.25, 0.3) is 0 Å². The van der Waals surface area contributed by atoms with Crippen molar-refractivity contribution in [2.75, 3.05) is 0 Å². The maximum atomic E-state index is 10.8. The first kappa shape index (κ1) is 15.4. The van der Waals surface area contributed by atoms with Crippen LogP contribution in [0.2, 0.25) is 0 Å². The number of hydrogen-bond acceptors (Lipinski definition) is 3. The average Bonchev–Trinajstić information content (AvgIpc) is 2.37. The van der Waals surface area contributed by atoms with Gasteiger partial charge in [0, 0.05) is 11.6 Å². The molecule has 1 amide bonds. The van der Waals surface area contributed by atoms with Gasteiger partial charge in [-0.15, -0.1) is 0 Å². The monoisotopic (exact) mass is 286 g/mol. The second kappa shape index (κ2) is 6.00. The topological polar surface area (TPSA) is 93.3 Å². The van der Waals surface area contributed by atoms with E-state index >= 15 is 0 Å². The molecule has 0 bridgehead atoms. The molecular weight excluding hydrogens is 277 g/mol. The van der Waals surface area contributed by atoms with Gasteiger partial charge in [0.1, 0.15) is 0 Å². The van der Waals surface area contributed by atoms with Crippen LogP contribution < -0.4 is 5.73 Å². The first-order chi connectivity index (χ1) is 9.21. The number of alkyl halides is 3. The zero-order valence-electron chi connectivity index (χ0n) is 9.89. The molecular formula is C12H9F3N2O3. The van der Waals surface area contributed by atoms with E-state index < -0.39 is 18.1 Å². The Morgan fingerprint density at radius 1 is 1.20 bits per heavy atom. The fourth-order valence-electron chi connectivity index (χ4n) is 1.21. The summed E-state index contributed by atoms with van der Waals surface area (Å²) in [4.78, 5) is 23.8. The largest absolute Gasteiger partial charge is 0.490 e. The SMILES string of the molecule is NC(=O)c1cnc2ccccc2c1.O=C(O)C(F)(F)F. The summed E-state index contributed by atoms with van der Waals surface area (Å²) in [6, 6.07) is 9.33. The standard InChI is InChI=1S/C10H8N2O.C2HF3O2/c11-10(13)8-5-7-3-1-2-4-9(7)12-6-8;3-2(4,5)1(6)7/h1-6H,(H2,11,13);(H,6,7). The molecule has 106 valence electrons. The number of rotatable bonds is 1. The lowest BCUT2D eigenvalue weighted by molar-refractivity contribution is -0.192. The van der Waals surface area contributed by atoms with E-state index in [0.29, 0.717) is 5.56 Å². The maximum Gasteiger partial charge on any atom is 0.490 e. The molecule has 0 saturated carbocycles. The molecule has 3 N–H and O–H groups in total. The van der Waals surface area contributed by atoms with Crippen molar-refractivity contribution < 1.29 is 27.9 Å². The van der Waals surface area contributed by atoms with E-state index in [9.17, 15) is 18.0 Å². The normalized spacial score (nSPS) is 10.6. The van der Waals surface area contributed by atoms with Crippen LogP contribution in [0.3, 0.4) is 0 Å². The van der Waals surface area contributed by atoms with E-state index in [1.54, 1.807) is 6.07 Å². The highest BCUT2D eigenvalue weighted by molar-refractivity contribution is 5.96. The molecule has 0 unspecified atom stereocenters. The van der Waals surface area contributed by atoms with Crippen LogP contribution in [0.4, 0.5) is 13.2 Å². The molecule has 1 aromatic carbocycles. The highest BCUT2D eigenvalue weighted by atomic mass is 19.4. The minimum atomic E-state index is -5.08. The van der Waals surface area contributed by atoms with Crippen molar-refractivity contribution in [3.05, 3.63) is 42.1 Å². The number of carboxylic acids is 1. The predicted molar refractivity (Wildman–Crippen MR) is 64.0 cm³/mol. The summed E-state index contributed by atoms with van der Waals surface area (Å²) in [5, 5.41) is 8.05. The van der Waals surface area contributed by atoms with Crippen molar-refractivity contribution in [1.29, 1.82) is 0 Å². The van der Waals surface area contributed by atoms with E-state index in [2.05, 4.69) is 4.98 Å².